The summed E-state index contributed by atoms with van der Waals surface area (Å²) in [5, 5.41) is 18.5. The largest absolute Gasteiger partial charge is 0.508 e. The molecule has 1 saturated heterocycles. The highest BCUT2D eigenvalue weighted by atomic mass is 19.1. The van der Waals surface area contributed by atoms with Crippen LogP contribution < -0.4 is 0 Å². The topological polar surface area (TPSA) is 60.8 Å². The zero-order valence-corrected chi connectivity index (χ0v) is 8.77. The molecule has 0 aromatic heterocycles. The number of carbonyl (C=O) groups is 1. The van der Waals surface area contributed by atoms with Gasteiger partial charge in [-0.05, 0) is 19.1 Å². The van der Waals surface area contributed by atoms with Crippen LogP contribution in [0.1, 0.15) is 17.3 Å². The number of rotatable bonds is 1. The Balaban J connectivity index is 2.16. The number of nitrogens with zero attached hydrogens (tertiary/aromatic N) is 1. The standard InChI is InChI=1S/C11H12FNO3/c1-11(16)5-13(6-11)10(15)8-3-2-7(14)4-9(8)12/h2-4,14,16H,5-6H2,1H3. The molecule has 0 saturated carbocycles. The van der Waals surface area contributed by atoms with Crippen LogP contribution in [-0.2, 0) is 0 Å². The molecule has 1 aliphatic heterocycles. The first-order chi connectivity index (χ1) is 7.39. The van der Waals surface area contributed by atoms with Gasteiger partial charge in [0.1, 0.15) is 11.6 Å². The Morgan fingerprint density at radius 2 is 2.12 bits per heavy atom. The van der Waals surface area contributed by atoms with Crippen LogP contribution >= 0.6 is 0 Å². The highest BCUT2D eigenvalue weighted by Gasteiger charge is 2.40. The Morgan fingerprint density at radius 3 is 2.62 bits per heavy atom. The molecule has 1 aromatic rings. The summed E-state index contributed by atoms with van der Waals surface area (Å²) in [4.78, 5) is 13.1. The van der Waals surface area contributed by atoms with E-state index in [1.807, 2.05) is 0 Å². The molecule has 1 aromatic carbocycles. The van der Waals surface area contributed by atoms with Crippen molar-refractivity contribution in [2.75, 3.05) is 13.1 Å². The first kappa shape index (κ1) is 10.9. The number of amides is 1. The molecule has 2 N–H and O–H groups in total. The molecule has 0 spiro atoms. The van der Waals surface area contributed by atoms with Gasteiger partial charge in [-0.15, -0.1) is 0 Å². The van der Waals surface area contributed by atoms with Gasteiger partial charge < -0.3 is 15.1 Å². The molecule has 2 rings (SSSR count). The highest BCUT2D eigenvalue weighted by Crippen LogP contribution is 2.24. The Labute approximate surface area is 91.9 Å². The molecule has 1 amide bonds. The summed E-state index contributed by atoms with van der Waals surface area (Å²) in [7, 11) is 0. The molecular weight excluding hydrogens is 213 g/mol. The van der Waals surface area contributed by atoms with Crippen LogP contribution in [0.4, 0.5) is 4.39 Å². The van der Waals surface area contributed by atoms with Crippen LogP contribution in [-0.4, -0.2) is 39.7 Å². The van der Waals surface area contributed by atoms with Crippen molar-refractivity contribution < 1.29 is 19.4 Å². The van der Waals surface area contributed by atoms with Crippen molar-refractivity contribution in [3.63, 3.8) is 0 Å². The molecule has 4 nitrogen and oxygen atoms in total. The van der Waals surface area contributed by atoms with Crippen molar-refractivity contribution in [3.8, 4) is 5.75 Å². The second-order valence-electron chi connectivity index (χ2n) is 4.32. The van der Waals surface area contributed by atoms with Gasteiger partial charge in [0.25, 0.3) is 5.91 Å². The SMILES string of the molecule is CC1(O)CN(C(=O)c2ccc(O)cc2F)C1. The smallest absolute Gasteiger partial charge is 0.257 e. The Bertz CT molecular complexity index is 437. The van der Waals surface area contributed by atoms with Crippen LogP contribution in [0.2, 0.25) is 0 Å². The minimum atomic E-state index is -0.872. The lowest BCUT2D eigenvalue weighted by atomic mass is 9.96. The summed E-state index contributed by atoms with van der Waals surface area (Å²) in [6.45, 7) is 2.02. The summed E-state index contributed by atoms with van der Waals surface area (Å²) in [6, 6.07) is 3.39. The van der Waals surface area contributed by atoms with Crippen molar-refractivity contribution in [2.45, 2.75) is 12.5 Å². The van der Waals surface area contributed by atoms with E-state index in [0.29, 0.717) is 0 Å². The molecule has 1 aliphatic rings. The number of phenols is 1. The monoisotopic (exact) mass is 225 g/mol. The van der Waals surface area contributed by atoms with Crippen molar-refractivity contribution >= 4 is 5.91 Å². The minimum Gasteiger partial charge on any atom is -0.508 e. The summed E-state index contributed by atoms with van der Waals surface area (Å²) in [5.74, 6) is -1.44. The average molecular weight is 225 g/mol. The summed E-state index contributed by atoms with van der Waals surface area (Å²) < 4.78 is 13.3. The molecular formula is C11H12FNO3. The predicted molar refractivity (Wildman–Crippen MR) is 54.6 cm³/mol. The number of phenolic OH excluding ortho intramolecular Hbond substituents is 1. The molecule has 16 heavy (non-hydrogen) atoms. The van der Waals surface area contributed by atoms with Gasteiger partial charge in [0, 0.05) is 6.07 Å². The van der Waals surface area contributed by atoms with Crippen LogP contribution in [0.25, 0.3) is 0 Å². The van der Waals surface area contributed by atoms with E-state index in [-0.39, 0.29) is 24.4 Å². The molecule has 0 bridgehead atoms. The number of aromatic hydroxyl groups is 1. The molecule has 1 heterocycles. The summed E-state index contributed by atoms with van der Waals surface area (Å²) >= 11 is 0. The fraction of sp³-hybridized carbons (Fsp3) is 0.364. The van der Waals surface area contributed by atoms with E-state index >= 15 is 0 Å². The first-order valence-electron chi connectivity index (χ1n) is 4.89. The van der Waals surface area contributed by atoms with Crippen molar-refractivity contribution in [1.29, 1.82) is 0 Å². The Morgan fingerprint density at radius 1 is 1.50 bits per heavy atom. The van der Waals surface area contributed by atoms with E-state index in [0.717, 1.165) is 6.07 Å². The summed E-state index contributed by atoms with van der Waals surface area (Å²) in [6.07, 6.45) is 0. The molecule has 0 radical (unpaired) electrons. The number of aliphatic hydroxyl groups is 1. The third kappa shape index (κ3) is 1.86. The zero-order chi connectivity index (χ0) is 11.9. The molecule has 0 atom stereocenters. The number of halogens is 1. The molecule has 0 aliphatic carbocycles. The van der Waals surface area contributed by atoms with Crippen LogP contribution in [0.5, 0.6) is 5.75 Å². The molecule has 0 unspecified atom stereocenters. The number of hydrogen-bond donors (Lipinski definition) is 2. The van der Waals surface area contributed by atoms with Crippen LogP contribution in [0, 0.1) is 5.82 Å². The second-order valence-corrected chi connectivity index (χ2v) is 4.32. The lowest BCUT2D eigenvalue weighted by molar-refractivity contribution is -0.0670. The van der Waals surface area contributed by atoms with Gasteiger partial charge in [0.2, 0.25) is 0 Å². The maximum atomic E-state index is 13.3. The van der Waals surface area contributed by atoms with Crippen molar-refractivity contribution in [2.24, 2.45) is 0 Å². The maximum Gasteiger partial charge on any atom is 0.257 e. The van der Waals surface area contributed by atoms with E-state index in [2.05, 4.69) is 0 Å². The van der Waals surface area contributed by atoms with E-state index < -0.39 is 17.3 Å². The molecule has 5 heteroatoms. The fourth-order valence-electron chi connectivity index (χ4n) is 1.77. The van der Waals surface area contributed by atoms with Crippen molar-refractivity contribution in [3.05, 3.63) is 29.6 Å². The first-order valence-corrected chi connectivity index (χ1v) is 4.89. The minimum absolute atomic E-state index is 0.0895. The lowest BCUT2D eigenvalue weighted by Crippen LogP contribution is -2.61. The number of benzene rings is 1. The normalized spacial score (nSPS) is 18.1. The number of β-amino-alcohol motifs (C(OH)–C–C–N with tert-alkyl or cyclic N) is 1. The molecule has 1 fully saturated rings. The number of hydrogen-bond acceptors (Lipinski definition) is 3. The van der Waals surface area contributed by atoms with Gasteiger partial charge in [0.05, 0.1) is 24.3 Å². The Kier molecular flexibility index (Phi) is 2.35. The lowest BCUT2D eigenvalue weighted by Gasteiger charge is -2.44. The van der Waals surface area contributed by atoms with E-state index in [4.69, 9.17) is 5.11 Å². The summed E-state index contributed by atoms with van der Waals surface area (Å²) in [5.41, 5.74) is -0.962. The highest BCUT2D eigenvalue weighted by molar-refractivity contribution is 5.95. The third-order valence-electron chi connectivity index (χ3n) is 2.53. The zero-order valence-electron chi connectivity index (χ0n) is 8.77. The van der Waals surface area contributed by atoms with Crippen LogP contribution in [0.15, 0.2) is 18.2 Å². The average Bonchev–Trinajstić information content (AvgIpc) is 2.13. The second kappa shape index (κ2) is 3.45. The quantitative estimate of drug-likeness (QED) is 0.741. The van der Waals surface area contributed by atoms with Gasteiger partial charge in [-0.2, -0.15) is 0 Å². The fourth-order valence-corrected chi connectivity index (χ4v) is 1.77. The maximum absolute atomic E-state index is 13.3. The Hall–Kier alpha value is -1.62. The van der Waals surface area contributed by atoms with Crippen LogP contribution in [0.3, 0.4) is 0 Å². The van der Waals surface area contributed by atoms with Gasteiger partial charge in [-0.3, -0.25) is 4.79 Å². The van der Waals surface area contributed by atoms with E-state index in [1.165, 1.54) is 17.0 Å². The molecule has 86 valence electrons. The van der Waals surface area contributed by atoms with E-state index in [1.54, 1.807) is 6.92 Å². The van der Waals surface area contributed by atoms with Gasteiger partial charge in [-0.25, -0.2) is 4.39 Å². The van der Waals surface area contributed by atoms with Crippen molar-refractivity contribution in [1.82, 2.24) is 4.90 Å². The predicted octanol–water partition coefficient (Wildman–Crippen LogP) is 0.738. The third-order valence-corrected chi connectivity index (χ3v) is 2.53. The van der Waals surface area contributed by atoms with Gasteiger partial charge in [-0.1, -0.05) is 0 Å². The van der Waals surface area contributed by atoms with Gasteiger partial charge >= 0.3 is 0 Å². The number of likely N-dealkylation sites (tertiary alicyclic amines) is 1. The van der Waals surface area contributed by atoms with Gasteiger partial charge in [0.15, 0.2) is 0 Å². The number of carbonyl (C=O) groups excluding carboxylic acids is 1. The van der Waals surface area contributed by atoms with E-state index in [9.17, 15) is 14.3 Å².